The summed E-state index contributed by atoms with van der Waals surface area (Å²) in [7, 11) is 0. The van der Waals surface area contributed by atoms with E-state index in [1.807, 2.05) is 12.1 Å². The van der Waals surface area contributed by atoms with Gasteiger partial charge in [-0.05, 0) is 61.2 Å². The second-order valence-electron chi connectivity index (χ2n) is 7.89. The minimum Gasteiger partial charge on any atom is -0.423 e. The van der Waals surface area contributed by atoms with E-state index in [-0.39, 0.29) is 5.63 Å². The summed E-state index contributed by atoms with van der Waals surface area (Å²) in [6, 6.07) is 16.9. The molecule has 0 bridgehead atoms. The maximum absolute atomic E-state index is 12.0. The first-order chi connectivity index (χ1) is 13.5. The molecule has 0 aliphatic carbocycles. The lowest BCUT2D eigenvalue weighted by Gasteiger charge is -2.41. The van der Waals surface area contributed by atoms with E-state index in [1.165, 1.54) is 16.8 Å². The van der Waals surface area contributed by atoms with E-state index >= 15 is 0 Å². The molecule has 146 valence electrons. The van der Waals surface area contributed by atoms with Crippen molar-refractivity contribution in [2.75, 3.05) is 24.5 Å². The molecule has 0 saturated carbocycles. The number of rotatable bonds is 4. The molecule has 1 aromatic heterocycles. The van der Waals surface area contributed by atoms with E-state index in [1.54, 1.807) is 6.07 Å². The number of aryl methyl sites for hydroxylation is 2. The molecule has 3 aromatic rings. The summed E-state index contributed by atoms with van der Waals surface area (Å²) in [4.78, 5) is 17.0. The molecule has 1 aliphatic rings. The molecule has 0 N–H and O–H groups in total. The Kier molecular flexibility index (Phi) is 5.23. The first-order valence-electron chi connectivity index (χ1n) is 10.1. The monoisotopic (exact) mass is 376 g/mol. The Bertz CT molecular complexity index is 1040. The van der Waals surface area contributed by atoms with Crippen LogP contribution in [0.5, 0.6) is 0 Å². The number of benzene rings is 2. The average Bonchev–Trinajstić information content (AvgIpc) is 2.67. The van der Waals surface area contributed by atoms with Gasteiger partial charge in [-0.15, -0.1) is 0 Å². The van der Waals surface area contributed by atoms with E-state index in [0.29, 0.717) is 11.6 Å². The number of hydrogen-bond donors (Lipinski definition) is 0. The van der Waals surface area contributed by atoms with Crippen LogP contribution < -0.4 is 10.5 Å². The van der Waals surface area contributed by atoms with Crippen LogP contribution in [0.2, 0.25) is 0 Å². The van der Waals surface area contributed by atoms with E-state index in [0.717, 1.165) is 43.5 Å². The summed E-state index contributed by atoms with van der Waals surface area (Å²) >= 11 is 0. The Morgan fingerprint density at radius 2 is 1.96 bits per heavy atom. The van der Waals surface area contributed by atoms with Crippen LogP contribution in [0.1, 0.15) is 30.5 Å². The second kappa shape index (κ2) is 7.80. The molecule has 0 amide bonds. The molecule has 2 heterocycles. The summed E-state index contributed by atoms with van der Waals surface area (Å²) in [6.45, 7) is 10.3. The van der Waals surface area contributed by atoms with Crippen molar-refractivity contribution in [3.05, 3.63) is 75.6 Å². The molecule has 2 aromatic carbocycles. The van der Waals surface area contributed by atoms with Crippen molar-refractivity contribution in [3.8, 4) is 0 Å². The molecule has 1 fully saturated rings. The van der Waals surface area contributed by atoms with Gasteiger partial charge in [0.1, 0.15) is 5.58 Å². The van der Waals surface area contributed by atoms with Crippen LogP contribution in [0.4, 0.5) is 5.69 Å². The van der Waals surface area contributed by atoms with Crippen LogP contribution in [0.3, 0.4) is 0 Å². The van der Waals surface area contributed by atoms with E-state index in [4.69, 9.17) is 4.42 Å². The van der Waals surface area contributed by atoms with Gasteiger partial charge >= 0.3 is 5.63 Å². The number of hydrogen-bond acceptors (Lipinski definition) is 4. The van der Waals surface area contributed by atoms with Gasteiger partial charge in [-0.2, -0.15) is 0 Å². The van der Waals surface area contributed by atoms with E-state index in [9.17, 15) is 4.79 Å². The number of piperazine rings is 1. The maximum Gasteiger partial charge on any atom is 0.336 e. The molecule has 4 rings (SSSR count). The molecule has 0 unspecified atom stereocenters. The Hall–Kier alpha value is -2.59. The van der Waals surface area contributed by atoms with Crippen molar-refractivity contribution in [1.29, 1.82) is 0 Å². The summed E-state index contributed by atoms with van der Waals surface area (Å²) < 4.78 is 5.42. The number of nitrogens with zero attached hydrogens (tertiary/aromatic N) is 2. The van der Waals surface area contributed by atoms with Crippen molar-refractivity contribution >= 4 is 16.7 Å². The molecule has 1 atom stereocenters. The summed E-state index contributed by atoms with van der Waals surface area (Å²) in [5.41, 5.74) is 5.34. The highest BCUT2D eigenvalue weighted by Gasteiger charge is 2.24. The molecular formula is C24H28N2O2. The van der Waals surface area contributed by atoms with Gasteiger partial charge in [0.15, 0.2) is 0 Å². The van der Waals surface area contributed by atoms with Gasteiger partial charge in [0.2, 0.25) is 0 Å². The Morgan fingerprint density at radius 1 is 1.11 bits per heavy atom. The highest BCUT2D eigenvalue weighted by molar-refractivity contribution is 5.81. The van der Waals surface area contributed by atoms with Crippen LogP contribution in [-0.4, -0.2) is 30.6 Å². The minimum absolute atomic E-state index is 0.266. The van der Waals surface area contributed by atoms with Crippen LogP contribution in [0.25, 0.3) is 11.0 Å². The first-order valence-corrected chi connectivity index (χ1v) is 10.1. The normalized spacial score (nSPS) is 18.0. The van der Waals surface area contributed by atoms with Crippen molar-refractivity contribution in [2.24, 2.45) is 0 Å². The number of fused-ring (bicyclic) bond motifs is 1. The Morgan fingerprint density at radius 3 is 2.71 bits per heavy atom. The fraction of sp³-hybridized carbons (Fsp3) is 0.375. The standard InChI is InChI=1S/C24H28N2O2/c1-4-19-8-9-23-22(13-19)20(14-24(27)28-23)16-25-10-11-26(18(3)15-25)21-7-5-6-17(2)12-21/h5-9,12-14,18H,4,10-11,15-16H2,1-3H3/t18-/m0/s1. The summed E-state index contributed by atoms with van der Waals surface area (Å²) in [5, 5.41) is 1.06. The fourth-order valence-corrected chi connectivity index (χ4v) is 4.23. The van der Waals surface area contributed by atoms with E-state index in [2.05, 4.69) is 60.9 Å². The van der Waals surface area contributed by atoms with Gasteiger partial charge in [0.05, 0.1) is 0 Å². The van der Waals surface area contributed by atoms with Crippen LogP contribution in [0.15, 0.2) is 57.7 Å². The molecule has 0 radical (unpaired) electrons. The zero-order valence-electron chi connectivity index (χ0n) is 16.9. The predicted molar refractivity (Wildman–Crippen MR) is 115 cm³/mol. The molecule has 1 aliphatic heterocycles. The zero-order chi connectivity index (χ0) is 19.7. The van der Waals surface area contributed by atoms with Crippen molar-refractivity contribution in [2.45, 2.75) is 39.8 Å². The molecular weight excluding hydrogens is 348 g/mol. The van der Waals surface area contributed by atoms with Crippen molar-refractivity contribution in [3.63, 3.8) is 0 Å². The third-order valence-electron chi connectivity index (χ3n) is 5.74. The Balaban J connectivity index is 1.55. The lowest BCUT2D eigenvalue weighted by molar-refractivity contribution is 0.221. The molecule has 4 nitrogen and oxygen atoms in total. The maximum atomic E-state index is 12.0. The average molecular weight is 377 g/mol. The van der Waals surface area contributed by atoms with Crippen molar-refractivity contribution < 1.29 is 4.42 Å². The highest BCUT2D eigenvalue weighted by Crippen LogP contribution is 2.25. The first kappa shape index (κ1) is 18.8. The third kappa shape index (κ3) is 3.83. The lowest BCUT2D eigenvalue weighted by Crippen LogP contribution is -2.51. The smallest absolute Gasteiger partial charge is 0.336 e. The lowest BCUT2D eigenvalue weighted by atomic mass is 10.0. The zero-order valence-corrected chi connectivity index (χ0v) is 16.9. The van der Waals surface area contributed by atoms with Gasteiger partial charge in [0, 0.05) is 49.4 Å². The van der Waals surface area contributed by atoms with E-state index < -0.39 is 0 Å². The van der Waals surface area contributed by atoms with Gasteiger partial charge in [-0.25, -0.2) is 4.79 Å². The highest BCUT2D eigenvalue weighted by atomic mass is 16.4. The van der Waals surface area contributed by atoms with Gasteiger partial charge in [-0.3, -0.25) is 4.90 Å². The molecule has 0 spiro atoms. The van der Waals surface area contributed by atoms with Gasteiger partial charge in [-0.1, -0.05) is 25.1 Å². The fourth-order valence-electron chi connectivity index (χ4n) is 4.23. The minimum atomic E-state index is -0.266. The molecule has 1 saturated heterocycles. The van der Waals surface area contributed by atoms with Gasteiger partial charge < -0.3 is 9.32 Å². The van der Waals surface area contributed by atoms with Crippen LogP contribution in [0, 0.1) is 6.92 Å². The largest absolute Gasteiger partial charge is 0.423 e. The molecule has 4 heteroatoms. The van der Waals surface area contributed by atoms with Crippen LogP contribution in [-0.2, 0) is 13.0 Å². The van der Waals surface area contributed by atoms with Crippen LogP contribution >= 0.6 is 0 Å². The van der Waals surface area contributed by atoms with Crippen molar-refractivity contribution in [1.82, 2.24) is 4.90 Å². The Labute approximate surface area is 166 Å². The topological polar surface area (TPSA) is 36.7 Å². The third-order valence-corrected chi connectivity index (χ3v) is 5.74. The predicted octanol–water partition coefficient (Wildman–Crippen LogP) is 4.37. The number of anilines is 1. The summed E-state index contributed by atoms with van der Waals surface area (Å²) in [5.74, 6) is 0. The quantitative estimate of drug-likeness (QED) is 0.634. The second-order valence-corrected chi connectivity index (χ2v) is 7.89. The van der Waals surface area contributed by atoms with Gasteiger partial charge in [0.25, 0.3) is 0 Å². The summed E-state index contributed by atoms with van der Waals surface area (Å²) in [6.07, 6.45) is 0.973. The SMILES string of the molecule is CCc1ccc2oc(=O)cc(CN3CCN(c4cccc(C)c4)[C@@H](C)C3)c2c1. The molecule has 28 heavy (non-hydrogen) atoms.